The number of halogens is 1. The predicted molar refractivity (Wildman–Crippen MR) is 120 cm³/mol. The Bertz CT molecular complexity index is 1070. The van der Waals surface area contributed by atoms with E-state index in [0.29, 0.717) is 0 Å². The number of alkyl halides is 1. The van der Waals surface area contributed by atoms with Gasteiger partial charge in [0.2, 0.25) is 5.78 Å². The van der Waals surface area contributed by atoms with Gasteiger partial charge >= 0.3 is 5.97 Å². The number of ether oxygens (including phenoxy) is 3. The summed E-state index contributed by atoms with van der Waals surface area (Å²) >= 11 is 0. The molecule has 1 aliphatic heterocycles. The van der Waals surface area contributed by atoms with E-state index in [1.807, 2.05) is 0 Å². The van der Waals surface area contributed by atoms with Gasteiger partial charge in [-0.3, -0.25) is 14.4 Å². The molecule has 8 nitrogen and oxygen atoms in total. The molecular weight excluding hydrogens is 459 g/mol. The zero-order valence-electron chi connectivity index (χ0n) is 20.7. The van der Waals surface area contributed by atoms with Crippen molar-refractivity contribution in [2.24, 2.45) is 22.7 Å². The zero-order chi connectivity index (χ0) is 25.8. The van der Waals surface area contributed by atoms with E-state index in [1.165, 1.54) is 25.2 Å². The molecule has 1 saturated heterocycles. The summed E-state index contributed by atoms with van der Waals surface area (Å²) in [5, 5.41) is 22.5. The summed E-state index contributed by atoms with van der Waals surface area (Å²) in [4.78, 5) is 37.2. The molecule has 0 amide bonds. The van der Waals surface area contributed by atoms with Crippen LogP contribution >= 0.6 is 0 Å². The Labute approximate surface area is 203 Å². The van der Waals surface area contributed by atoms with Gasteiger partial charge in [-0.25, -0.2) is 4.39 Å². The van der Waals surface area contributed by atoms with E-state index in [2.05, 4.69) is 0 Å². The van der Waals surface area contributed by atoms with Gasteiger partial charge in [0.15, 0.2) is 29.4 Å². The minimum Gasteiger partial charge on any atom is -0.458 e. The Morgan fingerprint density at radius 3 is 2.51 bits per heavy atom. The Hall–Kier alpha value is -1.94. The van der Waals surface area contributed by atoms with Crippen molar-refractivity contribution in [2.45, 2.75) is 89.2 Å². The van der Waals surface area contributed by atoms with Crippen molar-refractivity contribution in [3.05, 3.63) is 23.8 Å². The third-order valence-corrected chi connectivity index (χ3v) is 9.48. The van der Waals surface area contributed by atoms with Crippen molar-refractivity contribution in [2.75, 3.05) is 6.61 Å². The highest BCUT2D eigenvalue weighted by Gasteiger charge is 2.80. The van der Waals surface area contributed by atoms with Crippen molar-refractivity contribution >= 4 is 17.5 Å². The fourth-order valence-corrected chi connectivity index (χ4v) is 8.12. The van der Waals surface area contributed by atoms with Crippen LogP contribution in [-0.2, 0) is 28.6 Å². The van der Waals surface area contributed by atoms with Gasteiger partial charge in [0, 0.05) is 23.7 Å². The van der Waals surface area contributed by atoms with Crippen molar-refractivity contribution in [3.8, 4) is 0 Å². The molecule has 1 heterocycles. The second-order valence-corrected chi connectivity index (χ2v) is 11.7. The number of aliphatic hydroxyl groups is 2. The number of aliphatic hydroxyl groups excluding tert-OH is 2. The van der Waals surface area contributed by atoms with E-state index in [0.717, 1.165) is 0 Å². The van der Waals surface area contributed by atoms with E-state index in [1.54, 1.807) is 27.7 Å². The van der Waals surface area contributed by atoms with Crippen LogP contribution in [0.3, 0.4) is 0 Å². The van der Waals surface area contributed by atoms with Crippen molar-refractivity contribution < 1.29 is 43.2 Å². The van der Waals surface area contributed by atoms with Gasteiger partial charge in [-0.1, -0.05) is 13.0 Å². The van der Waals surface area contributed by atoms with E-state index >= 15 is 4.39 Å². The molecule has 0 radical (unpaired) electrons. The highest BCUT2D eigenvalue weighted by atomic mass is 19.1. The Morgan fingerprint density at radius 2 is 1.86 bits per heavy atom. The van der Waals surface area contributed by atoms with E-state index < -0.39 is 76.4 Å². The molecule has 192 valence electrons. The molecule has 35 heavy (non-hydrogen) atoms. The van der Waals surface area contributed by atoms with Gasteiger partial charge in [0.05, 0.1) is 18.3 Å². The Balaban J connectivity index is 1.62. The monoisotopic (exact) mass is 492 g/mol. The molecule has 0 aromatic heterocycles. The SMILES string of the molecule is CC(=O)OCC(=O)[C@@]12OC(C)(C)O[C@H]1C[C@H]1[C@@H]3C[C@H](O)C4=CC(=O)C=C[C@]4(C)[C@@]3(F)[C@H](O)C[C@@]12C. The number of carbonyl (C=O) groups is 3. The fourth-order valence-electron chi connectivity index (χ4n) is 8.12. The first kappa shape index (κ1) is 24.7. The highest BCUT2D eigenvalue weighted by molar-refractivity contribution is 6.01. The highest BCUT2D eigenvalue weighted by Crippen LogP contribution is 2.72. The summed E-state index contributed by atoms with van der Waals surface area (Å²) in [6.45, 7) is 7.48. The molecule has 2 N–H and O–H groups in total. The summed E-state index contributed by atoms with van der Waals surface area (Å²) in [6, 6.07) is 0. The van der Waals surface area contributed by atoms with Crippen LogP contribution in [-0.4, -0.2) is 69.7 Å². The van der Waals surface area contributed by atoms with Gasteiger partial charge in [0.25, 0.3) is 0 Å². The maximum Gasteiger partial charge on any atom is 0.303 e. The van der Waals surface area contributed by atoms with E-state index in [4.69, 9.17) is 14.2 Å². The van der Waals surface area contributed by atoms with Crippen LogP contribution in [0.1, 0.15) is 53.9 Å². The lowest BCUT2D eigenvalue weighted by Crippen LogP contribution is -2.71. The minimum absolute atomic E-state index is 0.0132. The van der Waals surface area contributed by atoms with Gasteiger partial charge in [-0.2, -0.15) is 0 Å². The van der Waals surface area contributed by atoms with Crippen molar-refractivity contribution in [3.63, 3.8) is 0 Å². The number of rotatable bonds is 3. The molecule has 0 unspecified atom stereocenters. The third-order valence-electron chi connectivity index (χ3n) is 9.48. The molecule has 0 bridgehead atoms. The summed E-state index contributed by atoms with van der Waals surface area (Å²) in [5.74, 6) is -3.87. The van der Waals surface area contributed by atoms with Crippen LogP contribution < -0.4 is 0 Å². The quantitative estimate of drug-likeness (QED) is 0.574. The largest absolute Gasteiger partial charge is 0.458 e. The second-order valence-electron chi connectivity index (χ2n) is 11.7. The number of hydrogen-bond acceptors (Lipinski definition) is 8. The summed E-state index contributed by atoms with van der Waals surface area (Å²) in [6.07, 6.45) is 0.830. The van der Waals surface area contributed by atoms with Gasteiger partial charge in [-0.05, 0) is 63.7 Å². The van der Waals surface area contributed by atoms with E-state index in [9.17, 15) is 24.6 Å². The number of esters is 1. The fraction of sp³-hybridized carbons (Fsp3) is 0.731. The lowest BCUT2D eigenvalue weighted by Gasteiger charge is -2.63. The first-order valence-corrected chi connectivity index (χ1v) is 12.2. The average molecular weight is 493 g/mol. The van der Waals surface area contributed by atoms with Crippen molar-refractivity contribution in [1.29, 1.82) is 0 Å². The van der Waals surface area contributed by atoms with Crippen molar-refractivity contribution in [1.82, 2.24) is 0 Å². The minimum atomic E-state index is -2.19. The first-order valence-electron chi connectivity index (χ1n) is 12.2. The second kappa shape index (κ2) is 7.31. The lowest BCUT2D eigenvalue weighted by molar-refractivity contribution is -0.250. The van der Waals surface area contributed by atoms with E-state index in [-0.39, 0.29) is 30.6 Å². The molecule has 0 spiro atoms. The Kier molecular flexibility index (Phi) is 5.17. The third kappa shape index (κ3) is 2.95. The summed E-state index contributed by atoms with van der Waals surface area (Å²) in [5.41, 5.74) is -5.93. The topological polar surface area (TPSA) is 119 Å². The maximum absolute atomic E-state index is 17.3. The van der Waals surface area contributed by atoms with Gasteiger partial charge in [-0.15, -0.1) is 0 Å². The predicted octanol–water partition coefficient (Wildman–Crippen LogP) is 1.96. The van der Waals surface area contributed by atoms with Crippen LogP contribution in [0.4, 0.5) is 4.39 Å². The molecule has 9 atom stereocenters. The van der Waals surface area contributed by atoms with Crippen LogP contribution in [0.25, 0.3) is 0 Å². The molecule has 4 aliphatic carbocycles. The smallest absolute Gasteiger partial charge is 0.303 e. The molecule has 5 aliphatic rings. The van der Waals surface area contributed by atoms with Crippen LogP contribution in [0, 0.1) is 22.7 Å². The number of hydrogen-bond donors (Lipinski definition) is 2. The molecule has 9 heteroatoms. The Morgan fingerprint density at radius 1 is 1.17 bits per heavy atom. The number of carbonyl (C=O) groups excluding carboxylic acids is 3. The number of ketones is 2. The number of allylic oxidation sites excluding steroid dienone is 3. The lowest BCUT2D eigenvalue weighted by atomic mass is 9.44. The molecule has 5 rings (SSSR count). The molecule has 3 saturated carbocycles. The molecular formula is C26H33FO8. The average Bonchev–Trinajstić information content (AvgIpc) is 3.16. The van der Waals surface area contributed by atoms with Crippen LogP contribution in [0.15, 0.2) is 23.8 Å². The standard InChI is InChI=1S/C26H33FO8/c1-13(28)33-12-20(32)26-21(34-22(2,3)35-26)10-15-16-9-18(30)17-8-14(29)6-7-23(17,4)25(16,27)19(31)11-24(15,26)5/h6-8,15-16,18-19,21,30-31H,9-12H2,1-5H3/t15-,16-,18-,19+,21-,23-,24-,25-,26+/m0/s1. The summed E-state index contributed by atoms with van der Waals surface area (Å²) in [7, 11) is 0. The molecule has 0 aromatic rings. The zero-order valence-corrected chi connectivity index (χ0v) is 20.7. The van der Waals surface area contributed by atoms with Gasteiger partial charge in [0.1, 0.15) is 0 Å². The van der Waals surface area contributed by atoms with Gasteiger partial charge < -0.3 is 24.4 Å². The summed E-state index contributed by atoms with van der Waals surface area (Å²) < 4.78 is 34.9. The molecule has 4 fully saturated rings. The molecule has 0 aromatic carbocycles. The normalized spacial score (nSPS) is 49.4. The first-order chi connectivity index (χ1) is 16.1. The van der Waals surface area contributed by atoms with Crippen LogP contribution in [0.5, 0.6) is 0 Å². The number of Topliss-reactive ketones (excluding diaryl/α,β-unsaturated/α-hetero) is 1. The maximum atomic E-state index is 17.3. The van der Waals surface area contributed by atoms with Crippen LogP contribution in [0.2, 0.25) is 0 Å². The number of fused-ring (bicyclic) bond motifs is 7.